The van der Waals surface area contributed by atoms with Crippen LogP contribution in [0, 0.1) is 6.92 Å². The Kier molecular flexibility index (Phi) is 6.44. The van der Waals surface area contributed by atoms with Gasteiger partial charge in [0.25, 0.3) is 0 Å². The Morgan fingerprint density at radius 3 is 2.30 bits per heavy atom. The van der Waals surface area contributed by atoms with Crippen LogP contribution in [0.3, 0.4) is 0 Å². The molecule has 1 fully saturated rings. The summed E-state index contributed by atoms with van der Waals surface area (Å²) >= 11 is 0. The molecule has 2 unspecified atom stereocenters. The molecule has 30 heavy (non-hydrogen) atoms. The van der Waals surface area contributed by atoms with Crippen LogP contribution in [-0.2, 0) is 10.9 Å². The first-order chi connectivity index (χ1) is 14.0. The van der Waals surface area contributed by atoms with Gasteiger partial charge >= 0.3 is 6.18 Å². The second-order valence-corrected chi connectivity index (χ2v) is 7.44. The first kappa shape index (κ1) is 22.6. The van der Waals surface area contributed by atoms with E-state index in [4.69, 9.17) is 4.74 Å². The van der Waals surface area contributed by atoms with Crippen molar-refractivity contribution in [2.24, 2.45) is 0 Å². The van der Waals surface area contributed by atoms with Gasteiger partial charge in [-0.25, -0.2) is 4.98 Å². The van der Waals surface area contributed by atoms with Crippen molar-refractivity contribution in [2.75, 3.05) is 6.61 Å². The number of hydrogen-bond acceptors (Lipinski definition) is 7. The van der Waals surface area contributed by atoms with Crippen LogP contribution >= 0.6 is 0 Å². The maximum atomic E-state index is 12.7. The first-order valence-electron chi connectivity index (χ1n) is 9.35. The lowest BCUT2D eigenvalue weighted by Crippen LogP contribution is -2.59. The Bertz CT molecular complexity index is 876. The third-order valence-corrected chi connectivity index (χ3v) is 5.42. The highest BCUT2D eigenvalue weighted by Crippen LogP contribution is 2.34. The van der Waals surface area contributed by atoms with Crippen molar-refractivity contribution in [3.05, 3.63) is 47.4 Å². The number of alkyl halides is 3. The molecule has 0 radical (unpaired) electrons. The standard InChI is InChI=1S/C20H23F3N2O5/c1-9-5-11(13-6-25-15(7-24-13)20(21,22)23)3-4-12(9)10(2)19-18(29)17(28)16(27)14(8-26)30-19/h3-7,10,14,16-19,26-29H,8H2,1-2H3/t10-,14?,16-,17+,18?,19-/m1/s1. The van der Waals surface area contributed by atoms with E-state index in [1.54, 1.807) is 32.0 Å². The van der Waals surface area contributed by atoms with E-state index in [0.29, 0.717) is 11.8 Å². The van der Waals surface area contributed by atoms with Crippen molar-refractivity contribution in [1.82, 2.24) is 9.97 Å². The predicted molar refractivity (Wildman–Crippen MR) is 99.4 cm³/mol. The van der Waals surface area contributed by atoms with E-state index >= 15 is 0 Å². The topological polar surface area (TPSA) is 116 Å². The average molecular weight is 428 g/mol. The zero-order valence-corrected chi connectivity index (χ0v) is 16.3. The van der Waals surface area contributed by atoms with Crippen LogP contribution in [0.15, 0.2) is 30.6 Å². The number of aryl methyl sites for hydroxylation is 1. The molecule has 1 aromatic carbocycles. The minimum absolute atomic E-state index is 0.276. The maximum Gasteiger partial charge on any atom is 0.434 e. The molecule has 0 amide bonds. The molecule has 164 valence electrons. The lowest BCUT2D eigenvalue weighted by atomic mass is 9.83. The zero-order chi connectivity index (χ0) is 22.2. The molecular formula is C20H23F3N2O5. The average Bonchev–Trinajstić information content (AvgIpc) is 2.71. The fourth-order valence-electron chi connectivity index (χ4n) is 3.69. The van der Waals surface area contributed by atoms with E-state index in [-0.39, 0.29) is 5.69 Å². The zero-order valence-electron chi connectivity index (χ0n) is 16.3. The molecule has 4 N–H and O–H groups in total. The number of rotatable bonds is 4. The largest absolute Gasteiger partial charge is 0.434 e. The number of nitrogens with zero attached hydrogens (tertiary/aromatic N) is 2. The summed E-state index contributed by atoms with van der Waals surface area (Å²) in [7, 11) is 0. The van der Waals surface area contributed by atoms with Gasteiger partial charge in [-0.15, -0.1) is 0 Å². The Balaban J connectivity index is 1.84. The summed E-state index contributed by atoms with van der Waals surface area (Å²) < 4.78 is 43.6. The fraction of sp³-hybridized carbons (Fsp3) is 0.500. The van der Waals surface area contributed by atoms with Crippen LogP contribution in [0.5, 0.6) is 0 Å². The third kappa shape index (κ3) is 4.33. The van der Waals surface area contributed by atoms with Crippen molar-refractivity contribution in [3.8, 4) is 11.3 Å². The van der Waals surface area contributed by atoms with Gasteiger partial charge in [0, 0.05) is 11.5 Å². The summed E-state index contributed by atoms with van der Waals surface area (Å²) in [5.74, 6) is -0.413. The van der Waals surface area contributed by atoms with E-state index in [9.17, 15) is 33.6 Å². The van der Waals surface area contributed by atoms with Crippen molar-refractivity contribution in [3.63, 3.8) is 0 Å². The molecule has 1 aliphatic heterocycles. The lowest BCUT2D eigenvalue weighted by Gasteiger charge is -2.42. The molecular weight excluding hydrogens is 405 g/mol. The first-order valence-corrected chi connectivity index (χ1v) is 9.35. The Morgan fingerprint density at radius 1 is 1.07 bits per heavy atom. The monoisotopic (exact) mass is 428 g/mol. The Labute approximate surface area is 170 Å². The third-order valence-electron chi connectivity index (χ3n) is 5.42. The Morgan fingerprint density at radius 2 is 1.77 bits per heavy atom. The Hall–Kier alpha value is -2.11. The highest BCUT2D eigenvalue weighted by molar-refractivity contribution is 5.60. The highest BCUT2D eigenvalue weighted by Gasteiger charge is 2.45. The van der Waals surface area contributed by atoms with Crippen LogP contribution in [0.25, 0.3) is 11.3 Å². The van der Waals surface area contributed by atoms with Crippen LogP contribution in [0.1, 0.15) is 29.7 Å². The highest BCUT2D eigenvalue weighted by atomic mass is 19.4. The fourth-order valence-corrected chi connectivity index (χ4v) is 3.69. The summed E-state index contributed by atoms with van der Waals surface area (Å²) in [5.41, 5.74) is 1.30. The SMILES string of the molecule is Cc1cc(-c2cnc(C(F)(F)F)cn2)ccc1[C@@H](C)[C@H]1OC(CO)[C@@H](O)[C@H](O)C1O. The smallest absolute Gasteiger partial charge is 0.394 e. The van der Waals surface area contributed by atoms with Gasteiger partial charge in [-0.2, -0.15) is 13.2 Å². The number of aliphatic hydroxyl groups is 4. The second kappa shape index (κ2) is 8.56. The molecule has 0 bridgehead atoms. The van der Waals surface area contributed by atoms with Crippen molar-refractivity contribution >= 4 is 0 Å². The molecule has 7 nitrogen and oxygen atoms in total. The molecule has 2 heterocycles. The van der Waals surface area contributed by atoms with Crippen molar-refractivity contribution in [2.45, 2.75) is 56.5 Å². The predicted octanol–water partition coefficient (Wildman–Crippen LogP) is 1.42. The number of aliphatic hydroxyl groups excluding tert-OH is 4. The normalized spacial score (nSPS) is 28.4. The second-order valence-electron chi connectivity index (χ2n) is 7.44. The molecule has 1 aromatic heterocycles. The molecule has 6 atom stereocenters. The van der Waals surface area contributed by atoms with E-state index in [2.05, 4.69) is 9.97 Å². The number of halogens is 3. The molecule has 0 saturated carbocycles. The van der Waals surface area contributed by atoms with Gasteiger partial charge < -0.3 is 25.2 Å². The maximum absolute atomic E-state index is 12.7. The van der Waals surface area contributed by atoms with Crippen molar-refractivity contribution in [1.29, 1.82) is 0 Å². The van der Waals surface area contributed by atoms with Crippen LogP contribution in [-0.4, -0.2) is 67.5 Å². The summed E-state index contributed by atoms with van der Waals surface area (Å²) in [4.78, 5) is 7.25. The molecule has 0 spiro atoms. The quantitative estimate of drug-likeness (QED) is 0.582. The van der Waals surface area contributed by atoms with Gasteiger partial charge in [-0.3, -0.25) is 4.98 Å². The summed E-state index contributed by atoms with van der Waals surface area (Å²) in [6.45, 7) is 3.04. The van der Waals surface area contributed by atoms with Gasteiger partial charge in [0.15, 0.2) is 5.69 Å². The minimum Gasteiger partial charge on any atom is -0.394 e. The van der Waals surface area contributed by atoms with Crippen LogP contribution in [0.2, 0.25) is 0 Å². The molecule has 0 aliphatic carbocycles. The van der Waals surface area contributed by atoms with Crippen LogP contribution in [0.4, 0.5) is 13.2 Å². The van der Waals surface area contributed by atoms with Gasteiger partial charge in [-0.1, -0.05) is 19.1 Å². The summed E-state index contributed by atoms with van der Waals surface area (Å²) in [5, 5.41) is 39.7. The van der Waals surface area contributed by atoms with E-state index in [1.165, 1.54) is 0 Å². The van der Waals surface area contributed by atoms with E-state index in [0.717, 1.165) is 17.3 Å². The lowest BCUT2D eigenvalue weighted by molar-refractivity contribution is -0.233. The number of aromatic nitrogens is 2. The minimum atomic E-state index is -4.56. The van der Waals surface area contributed by atoms with Crippen LogP contribution < -0.4 is 0 Å². The molecule has 1 saturated heterocycles. The summed E-state index contributed by atoms with van der Waals surface area (Å²) in [6, 6.07) is 5.13. The molecule has 3 rings (SSSR count). The number of ether oxygens (including phenoxy) is 1. The van der Waals surface area contributed by atoms with Gasteiger partial charge in [0.05, 0.1) is 30.8 Å². The van der Waals surface area contributed by atoms with Gasteiger partial charge in [0.2, 0.25) is 0 Å². The number of hydrogen-bond donors (Lipinski definition) is 4. The molecule has 10 heteroatoms. The van der Waals surface area contributed by atoms with Gasteiger partial charge in [-0.05, 0) is 24.1 Å². The van der Waals surface area contributed by atoms with E-state index in [1.807, 2.05) is 0 Å². The van der Waals surface area contributed by atoms with E-state index < -0.39 is 54.9 Å². The summed E-state index contributed by atoms with van der Waals surface area (Å²) in [6.07, 6.45) is -8.98. The number of benzene rings is 1. The molecule has 2 aromatic rings. The van der Waals surface area contributed by atoms with Gasteiger partial charge in [0.1, 0.15) is 24.4 Å². The molecule has 1 aliphatic rings. The van der Waals surface area contributed by atoms with Crippen molar-refractivity contribution < 1.29 is 38.3 Å².